The van der Waals surface area contributed by atoms with E-state index in [0.29, 0.717) is 31.8 Å². The van der Waals surface area contributed by atoms with Gasteiger partial charge in [0.25, 0.3) is 0 Å². The van der Waals surface area contributed by atoms with E-state index in [1.165, 1.54) is 19.3 Å². The molecule has 0 atom stereocenters. The van der Waals surface area contributed by atoms with Crippen molar-refractivity contribution in [2.45, 2.75) is 50.9 Å². The minimum Gasteiger partial charge on any atom is -0.494 e. The van der Waals surface area contributed by atoms with Crippen LogP contribution in [0, 0.1) is 0 Å². The van der Waals surface area contributed by atoms with Gasteiger partial charge in [0.2, 0.25) is 11.8 Å². The Balaban J connectivity index is 1.10. The quantitative estimate of drug-likeness (QED) is 0.492. The van der Waals surface area contributed by atoms with Crippen LogP contribution >= 0.6 is 0 Å². The first-order valence-electron chi connectivity index (χ1n) is 11.0. The zero-order chi connectivity index (χ0) is 21.2. The van der Waals surface area contributed by atoms with Crippen LogP contribution in [-0.2, 0) is 16.0 Å². The monoisotopic (exact) mass is 418 g/mol. The fourth-order valence-electron chi connectivity index (χ4n) is 4.08. The summed E-state index contributed by atoms with van der Waals surface area (Å²) in [7, 11) is 0. The molecule has 1 fully saturated rings. The summed E-state index contributed by atoms with van der Waals surface area (Å²) in [5.41, 5.74) is 4.63. The van der Waals surface area contributed by atoms with E-state index < -0.39 is 0 Å². The number of carbonyl (C=O) groups excluding carboxylic acids is 2. The molecule has 2 aromatic carbocycles. The lowest BCUT2D eigenvalue weighted by Gasteiger charge is -2.22. The predicted molar refractivity (Wildman–Crippen MR) is 119 cm³/mol. The van der Waals surface area contributed by atoms with Crippen molar-refractivity contribution in [3.8, 4) is 5.75 Å². The third kappa shape index (κ3) is 4.40. The van der Waals surface area contributed by atoms with Crippen LogP contribution in [0.3, 0.4) is 0 Å². The Labute approximate surface area is 180 Å². The number of H-pyrrole nitrogens is 1. The molecular weight excluding hydrogens is 392 g/mol. The van der Waals surface area contributed by atoms with Crippen molar-refractivity contribution >= 4 is 34.2 Å². The standard InChI is InChI=1S/C24H26N4O3/c29-22(5-2-12-31-18-8-10-19-16(13-18)6-11-23(30)26-19)25-17-7-9-20-21(14-17)28-24(27-20)15-3-1-4-15/h7-10,13-15H,1-6,11-12H2,(H,25,29)(H,26,30)(H,27,28). The molecule has 7 heteroatoms. The van der Waals surface area contributed by atoms with Crippen molar-refractivity contribution in [1.82, 2.24) is 9.97 Å². The van der Waals surface area contributed by atoms with Gasteiger partial charge >= 0.3 is 0 Å². The number of fused-ring (bicyclic) bond motifs is 2. The molecule has 3 N–H and O–H groups in total. The van der Waals surface area contributed by atoms with Gasteiger partial charge in [-0.3, -0.25) is 9.59 Å². The number of aromatic nitrogens is 2. The third-order valence-electron chi connectivity index (χ3n) is 6.06. The fraction of sp³-hybridized carbons (Fsp3) is 0.375. The Morgan fingerprint density at radius 2 is 2.06 bits per heavy atom. The van der Waals surface area contributed by atoms with Gasteiger partial charge in [-0.1, -0.05) is 6.42 Å². The summed E-state index contributed by atoms with van der Waals surface area (Å²) in [6, 6.07) is 11.5. The van der Waals surface area contributed by atoms with Crippen molar-refractivity contribution in [2.24, 2.45) is 0 Å². The normalized spacial score (nSPS) is 15.8. The highest BCUT2D eigenvalue weighted by Crippen LogP contribution is 2.35. The third-order valence-corrected chi connectivity index (χ3v) is 6.06. The number of amides is 2. The Morgan fingerprint density at radius 1 is 1.16 bits per heavy atom. The maximum Gasteiger partial charge on any atom is 0.224 e. The number of carbonyl (C=O) groups is 2. The van der Waals surface area contributed by atoms with Gasteiger partial charge in [0.1, 0.15) is 11.6 Å². The van der Waals surface area contributed by atoms with Crippen molar-refractivity contribution in [3.05, 3.63) is 47.8 Å². The van der Waals surface area contributed by atoms with Gasteiger partial charge in [-0.15, -0.1) is 0 Å². The van der Waals surface area contributed by atoms with Gasteiger partial charge in [0, 0.05) is 30.1 Å². The summed E-state index contributed by atoms with van der Waals surface area (Å²) < 4.78 is 5.79. The van der Waals surface area contributed by atoms with E-state index in [9.17, 15) is 9.59 Å². The second-order valence-corrected chi connectivity index (χ2v) is 8.35. The Bertz CT molecular complexity index is 1130. The fourth-order valence-corrected chi connectivity index (χ4v) is 4.08. The maximum absolute atomic E-state index is 12.3. The van der Waals surface area contributed by atoms with Crippen LogP contribution in [0.5, 0.6) is 5.75 Å². The molecule has 2 aliphatic rings. The number of hydrogen-bond donors (Lipinski definition) is 3. The van der Waals surface area contributed by atoms with Crippen LogP contribution in [0.1, 0.15) is 55.8 Å². The SMILES string of the molecule is O=C(CCCOc1ccc2c(c1)CCC(=O)N2)Nc1ccc2nc(C3CCC3)[nH]c2c1. The zero-order valence-electron chi connectivity index (χ0n) is 17.4. The summed E-state index contributed by atoms with van der Waals surface area (Å²) in [6.45, 7) is 0.461. The number of aromatic amines is 1. The van der Waals surface area contributed by atoms with E-state index in [1.807, 2.05) is 36.4 Å². The first kappa shape index (κ1) is 19.6. The van der Waals surface area contributed by atoms with Crippen molar-refractivity contribution in [2.75, 3.05) is 17.2 Å². The maximum atomic E-state index is 12.3. The summed E-state index contributed by atoms with van der Waals surface area (Å²) in [5, 5.41) is 5.82. The molecule has 1 aliphatic heterocycles. The Hall–Kier alpha value is -3.35. The molecule has 7 nitrogen and oxygen atoms in total. The van der Waals surface area contributed by atoms with Gasteiger partial charge < -0.3 is 20.4 Å². The van der Waals surface area contributed by atoms with Crippen LogP contribution in [0.15, 0.2) is 36.4 Å². The highest BCUT2D eigenvalue weighted by Gasteiger charge is 2.22. The minimum atomic E-state index is -0.0326. The number of aryl methyl sites for hydroxylation is 1. The number of ether oxygens (including phenoxy) is 1. The van der Waals surface area contributed by atoms with Gasteiger partial charge in [-0.25, -0.2) is 4.98 Å². The molecule has 1 saturated carbocycles. The van der Waals surface area contributed by atoms with E-state index in [4.69, 9.17) is 4.74 Å². The molecular formula is C24H26N4O3. The number of benzene rings is 2. The molecule has 3 aromatic rings. The number of nitrogens with zero attached hydrogens (tertiary/aromatic N) is 1. The molecule has 31 heavy (non-hydrogen) atoms. The average Bonchev–Trinajstić information content (AvgIpc) is 3.12. The number of nitrogens with one attached hydrogen (secondary N) is 3. The molecule has 2 heterocycles. The topological polar surface area (TPSA) is 96.1 Å². The van der Waals surface area contributed by atoms with Gasteiger partial charge in [0.05, 0.1) is 17.6 Å². The second kappa shape index (κ2) is 8.41. The summed E-state index contributed by atoms with van der Waals surface area (Å²) >= 11 is 0. The van der Waals surface area contributed by atoms with Crippen LogP contribution in [0.25, 0.3) is 11.0 Å². The average molecular weight is 418 g/mol. The van der Waals surface area contributed by atoms with Gasteiger partial charge in [-0.05, 0) is 67.6 Å². The summed E-state index contributed by atoms with van der Waals surface area (Å²) in [5.74, 6) is 2.40. The van der Waals surface area contributed by atoms with Crippen molar-refractivity contribution in [3.63, 3.8) is 0 Å². The van der Waals surface area contributed by atoms with Crippen LogP contribution in [0.2, 0.25) is 0 Å². The van der Waals surface area contributed by atoms with E-state index in [0.717, 1.165) is 46.0 Å². The lowest BCUT2D eigenvalue weighted by atomic mass is 9.85. The van der Waals surface area contributed by atoms with Crippen molar-refractivity contribution in [1.29, 1.82) is 0 Å². The van der Waals surface area contributed by atoms with Gasteiger partial charge in [-0.2, -0.15) is 0 Å². The number of imidazole rings is 1. The molecule has 0 unspecified atom stereocenters. The van der Waals surface area contributed by atoms with Crippen LogP contribution < -0.4 is 15.4 Å². The number of anilines is 2. The first-order valence-corrected chi connectivity index (χ1v) is 11.0. The predicted octanol–water partition coefficient (Wildman–Crippen LogP) is 4.51. The first-order chi connectivity index (χ1) is 15.1. The second-order valence-electron chi connectivity index (χ2n) is 8.35. The number of rotatable bonds is 7. The van der Waals surface area contributed by atoms with Crippen LogP contribution in [0.4, 0.5) is 11.4 Å². The molecule has 2 amide bonds. The van der Waals surface area contributed by atoms with Crippen LogP contribution in [-0.4, -0.2) is 28.4 Å². The molecule has 160 valence electrons. The highest BCUT2D eigenvalue weighted by molar-refractivity contribution is 5.94. The lowest BCUT2D eigenvalue weighted by Crippen LogP contribution is -2.18. The molecule has 0 radical (unpaired) electrons. The smallest absolute Gasteiger partial charge is 0.224 e. The molecule has 1 aliphatic carbocycles. The number of hydrogen-bond acceptors (Lipinski definition) is 4. The molecule has 5 rings (SSSR count). The summed E-state index contributed by atoms with van der Waals surface area (Å²) in [6.07, 6.45) is 5.91. The zero-order valence-corrected chi connectivity index (χ0v) is 17.4. The molecule has 0 spiro atoms. The van der Waals surface area contributed by atoms with Gasteiger partial charge in [0.15, 0.2) is 0 Å². The molecule has 0 bridgehead atoms. The largest absolute Gasteiger partial charge is 0.494 e. The van der Waals surface area contributed by atoms with Crippen molar-refractivity contribution < 1.29 is 14.3 Å². The van der Waals surface area contributed by atoms with E-state index in [1.54, 1.807) is 0 Å². The van der Waals surface area contributed by atoms with E-state index in [2.05, 4.69) is 20.6 Å². The molecule has 0 saturated heterocycles. The Morgan fingerprint density at radius 3 is 2.90 bits per heavy atom. The lowest BCUT2D eigenvalue weighted by molar-refractivity contribution is -0.117. The van der Waals surface area contributed by atoms with E-state index >= 15 is 0 Å². The van der Waals surface area contributed by atoms with E-state index in [-0.39, 0.29) is 11.8 Å². The molecule has 1 aromatic heterocycles. The summed E-state index contributed by atoms with van der Waals surface area (Å²) in [4.78, 5) is 31.8. The minimum absolute atomic E-state index is 0.0326. The Kier molecular flexibility index (Phi) is 5.32. The highest BCUT2D eigenvalue weighted by atomic mass is 16.5.